The SMILES string of the molecule is CC[C@H](C)[C@@H](NC(=O)[C@@H](CC(C)C)NC(=O)[C@@H](C)N(C)C(=O)[C@H](C)N(C)C(=O)OC(C)(C)C)C(=O)N(C)[C@@H](C)C(=O)N(C)[C@@H](CC(C)C)C(=O)N[C@@H](CC(C)C)C(=O)OC. The van der Waals surface area contributed by atoms with Gasteiger partial charge in [0.05, 0.1) is 7.11 Å². The molecule has 0 aromatic rings. The van der Waals surface area contributed by atoms with Crippen molar-refractivity contribution in [3.8, 4) is 0 Å². The number of carbonyl (C=O) groups excluding carboxylic acids is 8. The zero-order valence-electron chi connectivity index (χ0n) is 40.1. The van der Waals surface area contributed by atoms with Crippen molar-refractivity contribution in [2.75, 3.05) is 35.3 Å². The number of hydrogen-bond acceptors (Lipinski definition) is 10. The van der Waals surface area contributed by atoms with E-state index in [9.17, 15) is 38.4 Å². The lowest BCUT2D eigenvalue weighted by molar-refractivity contribution is -0.150. The molecular formula is C43H79N7O10. The first kappa shape index (κ1) is 55.6. The van der Waals surface area contributed by atoms with Crippen molar-refractivity contribution in [1.82, 2.24) is 35.6 Å². The van der Waals surface area contributed by atoms with E-state index in [2.05, 4.69) is 16.0 Å². The van der Waals surface area contributed by atoms with Gasteiger partial charge in [-0.1, -0.05) is 61.8 Å². The van der Waals surface area contributed by atoms with Crippen LogP contribution in [-0.4, -0.2) is 150 Å². The summed E-state index contributed by atoms with van der Waals surface area (Å²) in [5.74, 6) is -4.32. The van der Waals surface area contributed by atoms with E-state index in [1.54, 1.807) is 34.6 Å². The molecule has 3 N–H and O–H groups in total. The Morgan fingerprint density at radius 1 is 0.533 bits per heavy atom. The van der Waals surface area contributed by atoms with Crippen LogP contribution in [-0.2, 0) is 43.0 Å². The minimum atomic E-state index is -1.09. The minimum absolute atomic E-state index is 0.00471. The third-order valence-electron chi connectivity index (χ3n) is 10.7. The van der Waals surface area contributed by atoms with Crippen LogP contribution in [0.15, 0.2) is 0 Å². The summed E-state index contributed by atoms with van der Waals surface area (Å²) in [7, 11) is 7.05. The molecule has 7 amide bonds. The number of esters is 1. The number of rotatable bonds is 22. The van der Waals surface area contributed by atoms with Crippen molar-refractivity contribution < 1.29 is 47.8 Å². The van der Waals surface area contributed by atoms with Gasteiger partial charge in [-0.25, -0.2) is 9.59 Å². The fourth-order valence-electron chi connectivity index (χ4n) is 6.26. The van der Waals surface area contributed by atoms with Gasteiger partial charge in [0.1, 0.15) is 47.9 Å². The van der Waals surface area contributed by atoms with Gasteiger partial charge in [-0.3, -0.25) is 33.7 Å². The molecule has 0 spiro atoms. The molecule has 0 saturated carbocycles. The predicted octanol–water partition coefficient (Wildman–Crippen LogP) is 3.57. The zero-order valence-corrected chi connectivity index (χ0v) is 40.1. The van der Waals surface area contributed by atoms with Gasteiger partial charge in [-0.2, -0.15) is 0 Å². The summed E-state index contributed by atoms with van der Waals surface area (Å²) in [6.45, 7) is 24.7. The number of methoxy groups -OCH3 is 1. The Morgan fingerprint density at radius 3 is 1.42 bits per heavy atom. The van der Waals surface area contributed by atoms with E-state index in [0.29, 0.717) is 12.8 Å². The van der Waals surface area contributed by atoms with Gasteiger partial charge in [0.15, 0.2) is 0 Å². The van der Waals surface area contributed by atoms with E-state index in [1.807, 2.05) is 48.5 Å². The maximum atomic E-state index is 14.2. The Hall–Kier alpha value is -4.44. The van der Waals surface area contributed by atoms with Crippen molar-refractivity contribution in [3.05, 3.63) is 0 Å². The third kappa shape index (κ3) is 17.3. The van der Waals surface area contributed by atoms with Crippen LogP contribution < -0.4 is 16.0 Å². The van der Waals surface area contributed by atoms with Gasteiger partial charge in [-0.15, -0.1) is 0 Å². The molecule has 0 rings (SSSR count). The molecule has 0 radical (unpaired) electrons. The van der Waals surface area contributed by atoms with E-state index in [-0.39, 0.29) is 36.5 Å². The average Bonchev–Trinajstić information content (AvgIpc) is 3.16. The summed E-state index contributed by atoms with van der Waals surface area (Å²) in [5.41, 5.74) is -0.776. The zero-order chi connectivity index (χ0) is 47.1. The number of nitrogens with one attached hydrogen (secondary N) is 3. The molecule has 0 aromatic carbocycles. The largest absolute Gasteiger partial charge is 0.467 e. The molecule has 0 fully saturated rings. The van der Waals surface area contributed by atoms with Gasteiger partial charge in [0, 0.05) is 28.2 Å². The molecule has 0 aliphatic rings. The Balaban J connectivity index is 6.28. The second-order valence-electron chi connectivity index (χ2n) is 18.4. The van der Waals surface area contributed by atoms with Crippen LogP contribution in [0.4, 0.5) is 4.79 Å². The lowest BCUT2D eigenvalue weighted by Gasteiger charge is -2.36. The quantitative estimate of drug-likeness (QED) is 0.135. The molecule has 0 bridgehead atoms. The summed E-state index contributed by atoms with van der Waals surface area (Å²) >= 11 is 0. The first-order chi connectivity index (χ1) is 27.4. The van der Waals surface area contributed by atoms with Crippen LogP contribution in [0.1, 0.15) is 123 Å². The highest BCUT2D eigenvalue weighted by molar-refractivity contribution is 5.97. The fourth-order valence-corrected chi connectivity index (χ4v) is 6.26. The third-order valence-corrected chi connectivity index (χ3v) is 10.7. The maximum absolute atomic E-state index is 14.2. The van der Waals surface area contributed by atoms with E-state index < -0.39 is 95.4 Å². The smallest absolute Gasteiger partial charge is 0.410 e. The normalized spacial score (nSPS) is 15.6. The van der Waals surface area contributed by atoms with Gasteiger partial charge < -0.3 is 40.1 Å². The van der Waals surface area contributed by atoms with Crippen molar-refractivity contribution in [1.29, 1.82) is 0 Å². The molecule has 0 aromatic heterocycles. The minimum Gasteiger partial charge on any atom is -0.467 e. The first-order valence-electron chi connectivity index (χ1n) is 21.2. The second kappa shape index (κ2) is 24.7. The summed E-state index contributed by atoms with van der Waals surface area (Å²) < 4.78 is 10.3. The van der Waals surface area contributed by atoms with Crippen molar-refractivity contribution >= 4 is 47.5 Å². The van der Waals surface area contributed by atoms with E-state index in [4.69, 9.17) is 9.47 Å². The van der Waals surface area contributed by atoms with E-state index in [1.165, 1.54) is 63.8 Å². The second-order valence-corrected chi connectivity index (χ2v) is 18.4. The predicted molar refractivity (Wildman–Crippen MR) is 230 cm³/mol. The number of ether oxygens (including phenoxy) is 2. The van der Waals surface area contributed by atoms with Crippen LogP contribution >= 0.6 is 0 Å². The Morgan fingerprint density at radius 2 is 0.967 bits per heavy atom. The highest BCUT2D eigenvalue weighted by Crippen LogP contribution is 2.19. The van der Waals surface area contributed by atoms with Crippen molar-refractivity contribution in [3.63, 3.8) is 0 Å². The molecule has 17 nitrogen and oxygen atoms in total. The van der Waals surface area contributed by atoms with Gasteiger partial charge in [0.2, 0.25) is 35.4 Å². The molecule has 0 heterocycles. The number of amides is 7. The Kier molecular flexibility index (Phi) is 22.9. The number of likely N-dealkylation sites (N-methyl/N-ethyl adjacent to an activating group) is 4. The molecular weight excluding hydrogens is 775 g/mol. The van der Waals surface area contributed by atoms with E-state index >= 15 is 0 Å². The summed E-state index contributed by atoms with van der Waals surface area (Å²) in [5, 5.41) is 8.37. The van der Waals surface area contributed by atoms with Gasteiger partial charge >= 0.3 is 12.1 Å². The number of hydrogen-bond donors (Lipinski definition) is 3. The standard InChI is InChI=1S/C43H79N7O10/c1-20-27(8)34(40(56)48(16)29(10)39(55)50(18)33(23-26(6)7)37(53)45-32(22-25(4)5)41(57)59-19)46-36(52)31(21-24(2)3)44-35(51)28(9)47(15)38(54)30(11)49(17)42(58)60-43(12,13)14/h24-34H,20-23H2,1-19H3,(H,44,51)(H,45,53)(H,46,52)/t27-,28+,29-,30-,31+,32-,33-,34+/m0/s1. The molecule has 0 saturated heterocycles. The van der Waals surface area contributed by atoms with Crippen LogP contribution in [0.25, 0.3) is 0 Å². The molecule has 0 unspecified atom stereocenters. The molecule has 17 heteroatoms. The molecule has 0 aliphatic carbocycles. The number of nitrogens with zero attached hydrogens (tertiary/aromatic N) is 4. The Bertz CT molecular complexity index is 1480. The fraction of sp³-hybridized carbons (Fsp3) is 0.814. The van der Waals surface area contributed by atoms with Crippen molar-refractivity contribution in [2.45, 2.75) is 171 Å². The van der Waals surface area contributed by atoms with Gasteiger partial charge in [0.25, 0.3) is 0 Å². The highest BCUT2D eigenvalue weighted by Gasteiger charge is 2.39. The highest BCUT2D eigenvalue weighted by atomic mass is 16.6. The van der Waals surface area contributed by atoms with Crippen LogP contribution in [0.2, 0.25) is 0 Å². The lowest BCUT2D eigenvalue weighted by Crippen LogP contribution is -2.61. The summed E-state index contributed by atoms with van der Waals surface area (Å²) in [4.78, 5) is 113. The van der Waals surface area contributed by atoms with E-state index in [0.717, 1.165) is 4.90 Å². The van der Waals surface area contributed by atoms with Crippen LogP contribution in [0, 0.1) is 23.7 Å². The monoisotopic (exact) mass is 854 g/mol. The van der Waals surface area contributed by atoms with Crippen molar-refractivity contribution in [2.24, 2.45) is 23.7 Å². The maximum Gasteiger partial charge on any atom is 0.410 e. The molecule has 60 heavy (non-hydrogen) atoms. The van der Waals surface area contributed by atoms with Crippen LogP contribution in [0.5, 0.6) is 0 Å². The molecule has 8 atom stereocenters. The van der Waals surface area contributed by atoms with Gasteiger partial charge in [-0.05, 0) is 84.5 Å². The molecule has 346 valence electrons. The first-order valence-corrected chi connectivity index (χ1v) is 21.2. The topological polar surface area (TPSA) is 204 Å². The number of carbonyl (C=O) groups is 8. The van der Waals surface area contributed by atoms with Crippen LogP contribution in [0.3, 0.4) is 0 Å². The lowest BCUT2D eigenvalue weighted by atomic mass is 9.95. The summed E-state index contributed by atoms with van der Waals surface area (Å²) in [6, 6.07) is -7.09. The molecule has 0 aliphatic heterocycles. The average molecular weight is 854 g/mol. The Labute approximate surface area is 359 Å². The summed E-state index contributed by atoms with van der Waals surface area (Å²) in [6.07, 6.45) is 0.626.